The van der Waals surface area contributed by atoms with Gasteiger partial charge in [-0.1, -0.05) is 18.2 Å². The molecule has 0 atom stereocenters. The SMILES string of the molecule is COC1(OC)Cc2ccccc2O1. The third kappa shape index (κ3) is 1.30. The molecule has 70 valence electrons. The molecule has 0 fully saturated rings. The summed E-state index contributed by atoms with van der Waals surface area (Å²) in [5, 5.41) is 0. The zero-order valence-electron chi connectivity index (χ0n) is 7.74. The van der Waals surface area contributed by atoms with E-state index in [0.29, 0.717) is 6.42 Å². The monoisotopic (exact) mass is 180 g/mol. The molecule has 1 aliphatic heterocycles. The summed E-state index contributed by atoms with van der Waals surface area (Å²) in [7, 11) is 3.16. The highest BCUT2D eigenvalue weighted by molar-refractivity contribution is 5.37. The fraction of sp³-hybridized carbons (Fsp3) is 0.400. The van der Waals surface area contributed by atoms with Crippen LogP contribution in [0.25, 0.3) is 0 Å². The molecule has 3 nitrogen and oxygen atoms in total. The molecule has 0 aromatic heterocycles. The Morgan fingerprint density at radius 1 is 1.23 bits per heavy atom. The molecule has 2 rings (SSSR count). The quantitative estimate of drug-likeness (QED) is 0.646. The van der Waals surface area contributed by atoms with Crippen LogP contribution in [-0.2, 0) is 15.9 Å². The second kappa shape index (κ2) is 3.01. The van der Waals surface area contributed by atoms with Crippen LogP contribution < -0.4 is 4.74 Å². The fourth-order valence-electron chi connectivity index (χ4n) is 1.50. The first-order valence-electron chi connectivity index (χ1n) is 4.17. The molecule has 0 aliphatic carbocycles. The van der Waals surface area contributed by atoms with E-state index < -0.39 is 5.97 Å². The molecule has 1 aromatic rings. The highest BCUT2D eigenvalue weighted by Gasteiger charge is 2.39. The number of para-hydroxylation sites is 1. The van der Waals surface area contributed by atoms with E-state index in [4.69, 9.17) is 14.2 Å². The van der Waals surface area contributed by atoms with Crippen molar-refractivity contribution in [3.05, 3.63) is 29.8 Å². The number of ether oxygens (including phenoxy) is 3. The van der Waals surface area contributed by atoms with Crippen molar-refractivity contribution in [2.45, 2.75) is 12.4 Å². The first-order chi connectivity index (χ1) is 6.29. The summed E-state index contributed by atoms with van der Waals surface area (Å²) >= 11 is 0. The summed E-state index contributed by atoms with van der Waals surface area (Å²) in [6, 6.07) is 7.83. The fourth-order valence-corrected chi connectivity index (χ4v) is 1.50. The molecule has 0 bridgehead atoms. The lowest BCUT2D eigenvalue weighted by molar-refractivity contribution is -0.310. The summed E-state index contributed by atoms with van der Waals surface area (Å²) in [6.45, 7) is 0. The molecule has 0 N–H and O–H groups in total. The highest BCUT2D eigenvalue weighted by Crippen LogP contribution is 2.35. The Labute approximate surface area is 77.2 Å². The minimum Gasteiger partial charge on any atom is -0.438 e. The minimum absolute atomic E-state index is 0.635. The summed E-state index contributed by atoms with van der Waals surface area (Å²) in [6.07, 6.45) is 0.635. The zero-order valence-corrected chi connectivity index (χ0v) is 7.74. The molecule has 3 heteroatoms. The van der Waals surface area contributed by atoms with Gasteiger partial charge >= 0.3 is 5.97 Å². The maximum atomic E-state index is 5.55. The number of rotatable bonds is 2. The Balaban J connectivity index is 2.30. The van der Waals surface area contributed by atoms with Gasteiger partial charge in [0.2, 0.25) is 0 Å². The van der Waals surface area contributed by atoms with Crippen molar-refractivity contribution in [2.24, 2.45) is 0 Å². The van der Waals surface area contributed by atoms with Crippen molar-refractivity contribution in [1.29, 1.82) is 0 Å². The largest absolute Gasteiger partial charge is 0.438 e. The summed E-state index contributed by atoms with van der Waals surface area (Å²) in [5.74, 6) is -0.0739. The Morgan fingerprint density at radius 3 is 2.54 bits per heavy atom. The van der Waals surface area contributed by atoms with Crippen LogP contribution in [0.4, 0.5) is 0 Å². The molecule has 0 saturated heterocycles. The van der Waals surface area contributed by atoms with Gasteiger partial charge in [-0.25, -0.2) is 0 Å². The first-order valence-corrected chi connectivity index (χ1v) is 4.17. The standard InChI is InChI=1S/C10H12O3/c1-11-10(12-2)7-8-5-3-4-6-9(8)13-10/h3-6H,7H2,1-2H3. The third-order valence-electron chi connectivity index (χ3n) is 2.27. The normalized spacial score (nSPS) is 18.0. The van der Waals surface area contributed by atoms with Crippen molar-refractivity contribution in [3.63, 3.8) is 0 Å². The summed E-state index contributed by atoms with van der Waals surface area (Å²) in [5.41, 5.74) is 1.12. The van der Waals surface area contributed by atoms with Crippen molar-refractivity contribution < 1.29 is 14.2 Å². The number of hydrogen-bond donors (Lipinski definition) is 0. The van der Waals surface area contributed by atoms with Gasteiger partial charge in [0.05, 0.1) is 6.42 Å². The van der Waals surface area contributed by atoms with Gasteiger partial charge < -0.3 is 14.2 Å². The average molecular weight is 180 g/mol. The maximum absolute atomic E-state index is 5.55. The number of benzene rings is 1. The van der Waals surface area contributed by atoms with Crippen molar-refractivity contribution in [2.75, 3.05) is 14.2 Å². The van der Waals surface area contributed by atoms with E-state index in [1.54, 1.807) is 14.2 Å². The Kier molecular flexibility index (Phi) is 1.98. The molecular formula is C10H12O3. The molecule has 0 amide bonds. The molecule has 0 saturated carbocycles. The molecule has 13 heavy (non-hydrogen) atoms. The van der Waals surface area contributed by atoms with Gasteiger partial charge in [-0.2, -0.15) is 0 Å². The van der Waals surface area contributed by atoms with Crippen LogP contribution in [0.15, 0.2) is 24.3 Å². The van der Waals surface area contributed by atoms with E-state index in [1.165, 1.54) is 0 Å². The van der Waals surface area contributed by atoms with Crippen LogP contribution >= 0.6 is 0 Å². The lowest BCUT2D eigenvalue weighted by Gasteiger charge is -2.24. The van der Waals surface area contributed by atoms with Crippen LogP contribution in [0.1, 0.15) is 5.56 Å². The summed E-state index contributed by atoms with van der Waals surface area (Å²) in [4.78, 5) is 0. The zero-order chi connectivity index (χ0) is 9.31. The van der Waals surface area contributed by atoms with Crippen molar-refractivity contribution in [3.8, 4) is 5.75 Å². The van der Waals surface area contributed by atoms with Gasteiger partial charge in [-0.05, 0) is 6.07 Å². The Bertz CT molecular complexity index is 278. The van der Waals surface area contributed by atoms with E-state index in [-0.39, 0.29) is 0 Å². The molecule has 1 heterocycles. The molecule has 1 aromatic carbocycles. The van der Waals surface area contributed by atoms with Crippen LogP contribution in [-0.4, -0.2) is 20.2 Å². The molecule has 1 aliphatic rings. The molecule has 0 unspecified atom stereocenters. The van der Waals surface area contributed by atoms with Crippen LogP contribution in [0.3, 0.4) is 0 Å². The predicted octanol–water partition coefficient (Wildman–Crippen LogP) is 1.57. The van der Waals surface area contributed by atoms with Gasteiger partial charge in [-0.3, -0.25) is 0 Å². The van der Waals surface area contributed by atoms with Gasteiger partial charge in [0.15, 0.2) is 0 Å². The van der Waals surface area contributed by atoms with E-state index in [2.05, 4.69) is 0 Å². The first kappa shape index (κ1) is 8.53. The minimum atomic E-state index is -0.913. The van der Waals surface area contributed by atoms with Gasteiger partial charge in [-0.15, -0.1) is 0 Å². The third-order valence-corrected chi connectivity index (χ3v) is 2.27. The van der Waals surface area contributed by atoms with E-state index >= 15 is 0 Å². The maximum Gasteiger partial charge on any atom is 0.330 e. The number of fused-ring (bicyclic) bond motifs is 1. The molecular weight excluding hydrogens is 168 g/mol. The average Bonchev–Trinajstić information content (AvgIpc) is 2.57. The predicted molar refractivity (Wildman–Crippen MR) is 47.5 cm³/mol. The van der Waals surface area contributed by atoms with E-state index in [1.807, 2.05) is 24.3 Å². The highest BCUT2D eigenvalue weighted by atomic mass is 16.9. The molecule has 0 spiro atoms. The van der Waals surface area contributed by atoms with Crippen molar-refractivity contribution >= 4 is 0 Å². The smallest absolute Gasteiger partial charge is 0.330 e. The van der Waals surface area contributed by atoms with Crippen LogP contribution in [0, 0.1) is 0 Å². The number of hydrogen-bond acceptors (Lipinski definition) is 3. The van der Waals surface area contributed by atoms with Crippen LogP contribution in [0.2, 0.25) is 0 Å². The van der Waals surface area contributed by atoms with E-state index in [0.717, 1.165) is 11.3 Å². The second-order valence-electron chi connectivity index (χ2n) is 2.98. The van der Waals surface area contributed by atoms with E-state index in [9.17, 15) is 0 Å². The van der Waals surface area contributed by atoms with Crippen LogP contribution in [0.5, 0.6) is 5.75 Å². The lowest BCUT2D eigenvalue weighted by atomic mass is 10.1. The Morgan fingerprint density at radius 2 is 1.92 bits per heavy atom. The lowest BCUT2D eigenvalue weighted by Crippen LogP contribution is -2.38. The van der Waals surface area contributed by atoms with Gasteiger partial charge in [0, 0.05) is 19.8 Å². The van der Waals surface area contributed by atoms with Crippen molar-refractivity contribution in [1.82, 2.24) is 0 Å². The van der Waals surface area contributed by atoms with Gasteiger partial charge in [0.25, 0.3) is 0 Å². The second-order valence-corrected chi connectivity index (χ2v) is 2.98. The Hall–Kier alpha value is -1.06. The molecule has 0 radical (unpaired) electrons. The topological polar surface area (TPSA) is 27.7 Å². The number of methoxy groups -OCH3 is 2. The summed E-state index contributed by atoms with van der Waals surface area (Å²) < 4.78 is 15.9. The van der Waals surface area contributed by atoms with Gasteiger partial charge in [0.1, 0.15) is 5.75 Å².